The van der Waals surface area contributed by atoms with E-state index in [9.17, 15) is 9.90 Å². The summed E-state index contributed by atoms with van der Waals surface area (Å²) in [4.78, 5) is 15.2. The van der Waals surface area contributed by atoms with Crippen LogP contribution in [-0.4, -0.2) is 16.0 Å². The first-order valence-corrected chi connectivity index (χ1v) is 5.90. The maximum Gasteiger partial charge on any atom is 0.255 e. The van der Waals surface area contributed by atoms with Gasteiger partial charge in [0.1, 0.15) is 5.75 Å². The van der Waals surface area contributed by atoms with E-state index in [1.807, 2.05) is 30.5 Å². The molecule has 0 aliphatic carbocycles. The molecule has 1 aromatic heterocycles. The molecule has 0 saturated carbocycles. The fourth-order valence-corrected chi connectivity index (χ4v) is 2.00. The predicted molar refractivity (Wildman–Crippen MR) is 74.4 cm³/mol. The number of benzene rings is 2. The topological polar surface area (TPSA) is 65.1 Å². The third-order valence-electron chi connectivity index (χ3n) is 2.97. The third-order valence-corrected chi connectivity index (χ3v) is 2.97. The van der Waals surface area contributed by atoms with Gasteiger partial charge in [-0.2, -0.15) is 0 Å². The van der Waals surface area contributed by atoms with Crippen LogP contribution in [0.4, 0.5) is 5.69 Å². The third kappa shape index (κ3) is 2.15. The van der Waals surface area contributed by atoms with Crippen molar-refractivity contribution >= 4 is 22.5 Å². The Hall–Kier alpha value is -2.75. The van der Waals surface area contributed by atoms with Crippen LogP contribution in [0.15, 0.2) is 54.7 Å². The number of aromatic nitrogens is 1. The standard InChI is InChI=1S/C15H12N2O2/c18-11-6-4-10(5-7-11)15(19)17-14-3-1-2-13-12(14)8-9-16-13/h1-9,16,18H,(H,17,19). The van der Waals surface area contributed by atoms with E-state index in [4.69, 9.17) is 0 Å². The molecule has 0 fully saturated rings. The number of carbonyl (C=O) groups is 1. The molecule has 1 heterocycles. The zero-order chi connectivity index (χ0) is 13.2. The molecule has 0 saturated heterocycles. The van der Waals surface area contributed by atoms with Crippen molar-refractivity contribution in [3.8, 4) is 5.75 Å². The summed E-state index contributed by atoms with van der Waals surface area (Å²) < 4.78 is 0. The number of phenols is 1. The summed E-state index contributed by atoms with van der Waals surface area (Å²) in [6.45, 7) is 0. The van der Waals surface area contributed by atoms with Crippen LogP contribution in [0, 0.1) is 0 Å². The highest BCUT2D eigenvalue weighted by molar-refractivity contribution is 6.08. The second-order valence-corrected chi connectivity index (χ2v) is 4.25. The molecule has 1 amide bonds. The molecule has 0 radical (unpaired) electrons. The van der Waals surface area contributed by atoms with E-state index in [1.165, 1.54) is 12.1 Å². The highest BCUT2D eigenvalue weighted by Crippen LogP contribution is 2.22. The van der Waals surface area contributed by atoms with Crippen LogP contribution in [0.1, 0.15) is 10.4 Å². The summed E-state index contributed by atoms with van der Waals surface area (Å²) >= 11 is 0. The number of fused-ring (bicyclic) bond motifs is 1. The van der Waals surface area contributed by atoms with Crippen LogP contribution in [0.25, 0.3) is 10.9 Å². The first kappa shape index (κ1) is 11.3. The highest BCUT2D eigenvalue weighted by atomic mass is 16.3. The largest absolute Gasteiger partial charge is 0.508 e. The van der Waals surface area contributed by atoms with Crippen molar-refractivity contribution in [3.63, 3.8) is 0 Å². The number of rotatable bonds is 2. The Morgan fingerprint density at radius 3 is 2.63 bits per heavy atom. The van der Waals surface area contributed by atoms with Crippen LogP contribution in [-0.2, 0) is 0 Å². The predicted octanol–water partition coefficient (Wildman–Crippen LogP) is 3.13. The maximum absolute atomic E-state index is 12.1. The molecule has 0 spiro atoms. The summed E-state index contributed by atoms with van der Waals surface area (Å²) in [5.74, 6) is -0.0574. The van der Waals surface area contributed by atoms with E-state index in [-0.39, 0.29) is 11.7 Å². The van der Waals surface area contributed by atoms with Crippen molar-refractivity contribution < 1.29 is 9.90 Å². The molecule has 94 valence electrons. The normalized spacial score (nSPS) is 10.5. The molecule has 19 heavy (non-hydrogen) atoms. The van der Waals surface area contributed by atoms with Crippen LogP contribution in [0.2, 0.25) is 0 Å². The smallest absolute Gasteiger partial charge is 0.255 e. The van der Waals surface area contributed by atoms with Crippen LogP contribution < -0.4 is 5.32 Å². The van der Waals surface area contributed by atoms with Gasteiger partial charge in [-0.05, 0) is 42.5 Å². The molecule has 3 rings (SSSR count). The van der Waals surface area contributed by atoms with Gasteiger partial charge in [0, 0.05) is 22.7 Å². The van der Waals surface area contributed by atoms with E-state index in [0.29, 0.717) is 5.56 Å². The number of phenolic OH excluding ortho intramolecular Hbond substituents is 1. The number of H-pyrrole nitrogens is 1. The van der Waals surface area contributed by atoms with Gasteiger partial charge in [-0.1, -0.05) is 6.07 Å². The van der Waals surface area contributed by atoms with Crippen molar-refractivity contribution in [3.05, 3.63) is 60.3 Å². The van der Waals surface area contributed by atoms with E-state index in [1.54, 1.807) is 12.1 Å². The average molecular weight is 252 g/mol. The zero-order valence-corrected chi connectivity index (χ0v) is 10.1. The molecule has 0 unspecified atom stereocenters. The fraction of sp³-hybridized carbons (Fsp3) is 0. The zero-order valence-electron chi connectivity index (χ0n) is 10.1. The van der Waals surface area contributed by atoms with Crippen molar-refractivity contribution in [2.45, 2.75) is 0 Å². The van der Waals surface area contributed by atoms with Crippen molar-refractivity contribution in [2.75, 3.05) is 5.32 Å². The summed E-state index contributed by atoms with van der Waals surface area (Å²) in [5.41, 5.74) is 2.24. The number of aromatic hydroxyl groups is 1. The van der Waals surface area contributed by atoms with Gasteiger partial charge < -0.3 is 15.4 Å². The quantitative estimate of drug-likeness (QED) is 0.656. The number of anilines is 1. The number of nitrogens with one attached hydrogen (secondary N) is 2. The lowest BCUT2D eigenvalue weighted by atomic mass is 10.1. The van der Waals surface area contributed by atoms with E-state index < -0.39 is 0 Å². The lowest BCUT2D eigenvalue weighted by Gasteiger charge is -2.06. The van der Waals surface area contributed by atoms with E-state index >= 15 is 0 Å². The van der Waals surface area contributed by atoms with Gasteiger partial charge in [0.2, 0.25) is 0 Å². The van der Waals surface area contributed by atoms with E-state index in [0.717, 1.165) is 16.6 Å². The lowest BCUT2D eigenvalue weighted by Crippen LogP contribution is -2.11. The van der Waals surface area contributed by atoms with Gasteiger partial charge in [0.25, 0.3) is 5.91 Å². The first-order chi connectivity index (χ1) is 9.24. The maximum atomic E-state index is 12.1. The number of aromatic amines is 1. The Bertz CT molecular complexity index is 729. The molecule has 2 aromatic carbocycles. The van der Waals surface area contributed by atoms with Crippen molar-refractivity contribution in [1.29, 1.82) is 0 Å². The van der Waals surface area contributed by atoms with Crippen molar-refractivity contribution in [1.82, 2.24) is 4.98 Å². The van der Waals surface area contributed by atoms with Gasteiger partial charge in [0.05, 0.1) is 5.69 Å². The summed E-state index contributed by atoms with van der Waals surface area (Å²) in [6.07, 6.45) is 1.83. The Labute approximate surface area is 109 Å². The molecule has 0 aliphatic rings. The van der Waals surface area contributed by atoms with Crippen LogP contribution in [0.5, 0.6) is 5.75 Å². The first-order valence-electron chi connectivity index (χ1n) is 5.90. The Kier molecular flexibility index (Phi) is 2.68. The number of amides is 1. The average Bonchev–Trinajstić information content (AvgIpc) is 2.89. The van der Waals surface area contributed by atoms with Gasteiger partial charge in [-0.3, -0.25) is 4.79 Å². The second-order valence-electron chi connectivity index (χ2n) is 4.25. The molecular weight excluding hydrogens is 240 g/mol. The molecule has 3 aromatic rings. The monoisotopic (exact) mass is 252 g/mol. The second kappa shape index (κ2) is 4.49. The summed E-state index contributed by atoms with van der Waals surface area (Å²) in [5, 5.41) is 13.0. The molecule has 3 N–H and O–H groups in total. The van der Waals surface area contributed by atoms with E-state index in [2.05, 4.69) is 10.3 Å². The summed E-state index contributed by atoms with van der Waals surface area (Å²) in [6, 6.07) is 13.8. The molecule has 0 bridgehead atoms. The minimum atomic E-state index is -0.200. The minimum absolute atomic E-state index is 0.143. The minimum Gasteiger partial charge on any atom is -0.508 e. The number of hydrogen-bond acceptors (Lipinski definition) is 2. The Morgan fingerprint density at radius 2 is 1.84 bits per heavy atom. The molecule has 4 nitrogen and oxygen atoms in total. The summed E-state index contributed by atoms with van der Waals surface area (Å²) in [7, 11) is 0. The highest BCUT2D eigenvalue weighted by Gasteiger charge is 2.08. The van der Waals surface area contributed by atoms with Gasteiger partial charge in [0.15, 0.2) is 0 Å². The van der Waals surface area contributed by atoms with Crippen LogP contribution >= 0.6 is 0 Å². The van der Waals surface area contributed by atoms with Crippen LogP contribution in [0.3, 0.4) is 0 Å². The molecule has 0 atom stereocenters. The number of hydrogen-bond donors (Lipinski definition) is 3. The van der Waals surface area contributed by atoms with Gasteiger partial charge >= 0.3 is 0 Å². The fourth-order valence-electron chi connectivity index (χ4n) is 2.00. The SMILES string of the molecule is O=C(Nc1cccc2[nH]ccc12)c1ccc(O)cc1. The van der Waals surface area contributed by atoms with Gasteiger partial charge in [-0.15, -0.1) is 0 Å². The molecule has 0 aliphatic heterocycles. The lowest BCUT2D eigenvalue weighted by molar-refractivity contribution is 0.102. The molecule has 4 heteroatoms. The van der Waals surface area contributed by atoms with Gasteiger partial charge in [-0.25, -0.2) is 0 Å². The molecular formula is C15H12N2O2. The van der Waals surface area contributed by atoms with Crippen molar-refractivity contribution in [2.24, 2.45) is 0 Å². The Balaban J connectivity index is 1.90. The Morgan fingerprint density at radius 1 is 1.05 bits per heavy atom. The number of carbonyl (C=O) groups excluding carboxylic acids is 1.